The minimum Gasteiger partial charge on any atom is -0.454 e. The Morgan fingerprint density at radius 2 is 2.17 bits per heavy atom. The van der Waals surface area contributed by atoms with E-state index in [0.717, 1.165) is 29.0 Å². The largest absolute Gasteiger partial charge is 0.454 e. The Bertz CT molecular complexity index is 698. The molecule has 0 bridgehead atoms. The summed E-state index contributed by atoms with van der Waals surface area (Å²) in [4.78, 5) is 13.7. The molecule has 1 aliphatic heterocycles. The summed E-state index contributed by atoms with van der Waals surface area (Å²) in [5.41, 5.74) is 2.10. The Labute approximate surface area is 134 Å². The molecule has 1 aromatic heterocycles. The van der Waals surface area contributed by atoms with Crippen LogP contribution in [-0.4, -0.2) is 41.1 Å². The quantitative estimate of drug-likeness (QED) is 0.908. The molecule has 0 aliphatic carbocycles. The molecule has 0 radical (unpaired) electrons. The van der Waals surface area contributed by atoms with Crippen molar-refractivity contribution in [3.8, 4) is 11.5 Å². The maximum atomic E-state index is 12.1. The smallest absolute Gasteiger partial charge is 0.317 e. The van der Waals surface area contributed by atoms with E-state index in [0.29, 0.717) is 13.1 Å². The standard InChI is InChI=1S/C16H20N4O3/c1-19(9-13-8-18-20(2)10-13)16(21)17-6-5-12-3-4-14-15(7-12)23-11-22-14/h3-4,7-8,10H,5-6,9,11H2,1-2H3,(H,17,21). The zero-order valence-electron chi connectivity index (χ0n) is 13.3. The molecule has 0 fully saturated rings. The predicted molar refractivity (Wildman–Crippen MR) is 84.3 cm³/mol. The summed E-state index contributed by atoms with van der Waals surface area (Å²) in [6.07, 6.45) is 4.40. The van der Waals surface area contributed by atoms with Gasteiger partial charge in [-0.1, -0.05) is 6.07 Å². The molecule has 0 saturated carbocycles. The van der Waals surface area contributed by atoms with Crippen molar-refractivity contribution in [2.75, 3.05) is 20.4 Å². The minimum atomic E-state index is -0.102. The molecule has 1 N–H and O–H groups in total. The van der Waals surface area contributed by atoms with E-state index in [-0.39, 0.29) is 12.8 Å². The van der Waals surface area contributed by atoms with Gasteiger partial charge in [-0.3, -0.25) is 4.68 Å². The number of urea groups is 1. The number of benzene rings is 1. The molecule has 2 amide bonds. The van der Waals surface area contributed by atoms with Crippen molar-refractivity contribution in [3.63, 3.8) is 0 Å². The van der Waals surface area contributed by atoms with Crippen molar-refractivity contribution >= 4 is 6.03 Å². The Morgan fingerprint density at radius 3 is 2.96 bits per heavy atom. The number of aryl methyl sites for hydroxylation is 1. The highest BCUT2D eigenvalue weighted by atomic mass is 16.7. The number of nitrogens with zero attached hydrogens (tertiary/aromatic N) is 3. The molecule has 7 nitrogen and oxygen atoms in total. The first-order valence-corrected chi connectivity index (χ1v) is 7.47. The Morgan fingerprint density at radius 1 is 1.35 bits per heavy atom. The molecule has 0 saturated heterocycles. The molecular weight excluding hydrogens is 296 g/mol. The highest BCUT2D eigenvalue weighted by Gasteiger charge is 2.13. The molecule has 3 rings (SSSR count). The lowest BCUT2D eigenvalue weighted by atomic mass is 10.1. The third kappa shape index (κ3) is 3.74. The zero-order valence-corrected chi connectivity index (χ0v) is 13.3. The fourth-order valence-corrected chi connectivity index (χ4v) is 2.44. The van der Waals surface area contributed by atoms with Crippen molar-refractivity contribution in [2.45, 2.75) is 13.0 Å². The van der Waals surface area contributed by atoms with Gasteiger partial charge in [0.25, 0.3) is 0 Å². The Balaban J connectivity index is 1.45. The van der Waals surface area contributed by atoms with Crippen molar-refractivity contribution in [1.29, 1.82) is 0 Å². The normalized spacial score (nSPS) is 12.3. The van der Waals surface area contributed by atoms with Crippen LogP contribution in [0.3, 0.4) is 0 Å². The summed E-state index contributed by atoms with van der Waals surface area (Å²) in [7, 11) is 3.62. The fourth-order valence-electron chi connectivity index (χ4n) is 2.44. The number of ether oxygens (including phenoxy) is 2. The Hall–Kier alpha value is -2.70. The topological polar surface area (TPSA) is 68.6 Å². The summed E-state index contributed by atoms with van der Waals surface area (Å²) < 4.78 is 12.4. The molecule has 1 aromatic carbocycles. The van der Waals surface area contributed by atoms with Gasteiger partial charge in [-0.25, -0.2) is 4.79 Å². The van der Waals surface area contributed by atoms with E-state index in [9.17, 15) is 4.79 Å². The van der Waals surface area contributed by atoms with Crippen molar-refractivity contribution in [1.82, 2.24) is 20.0 Å². The highest BCUT2D eigenvalue weighted by molar-refractivity contribution is 5.73. The van der Waals surface area contributed by atoms with Crippen LogP contribution in [0, 0.1) is 0 Å². The van der Waals surface area contributed by atoms with Crippen molar-refractivity contribution in [2.24, 2.45) is 7.05 Å². The van der Waals surface area contributed by atoms with Gasteiger partial charge in [0.1, 0.15) is 0 Å². The van der Waals surface area contributed by atoms with Gasteiger partial charge in [0, 0.05) is 32.4 Å². The monoisotopic (exact) mass is 316 g/mol. The first-order valence-electron chi connectivity index (χ1n) is 7.47. The second-order valence-electron chi connectivity index (χ2n) is 5.55. The van der Waals surface area contributed by atoms with E-state index >= 15 is 0 Å². The molecule has 23 heavy (non-hydrogen) atoms. The van der Waals surface area contributed by atoms with E-state index in [1.807, 2.05) is 31.4 Å². The molecule has 0 unspecified atom stereocenters. The number of rotatable bonds is 5. The van der Waals surface area contributed by atoms with E-state index in [1.165, 1.54) is 0 Å². The molecular formula is C16H20N4O3. The van der Waals surface area contributed by atoms with E-state index in [2.05, 4.69) is 10.4 Å². The molecule has 2 heterocycles. The second kappa shape index (κ2) is 6.60. The number of amides is 2. The van der Waals surface area contributed by atoms with Crippen LogP contribution in [-0.2, 0) is 20.0 Å². The van der Waals surface area contributed by atoms with E-state index in [4.69, 9.17) is 9.47 Å². The number of hydrogen-bond acceptors (Lipinski definition) is 4. The number of carbonyl (C=O) groups excluding carboxylic acids is 1. The van der Waals surface area contributed by atoms with Gasteiger partial charge in [0.2, 0.25) is 6.79 Å². The molecule has 0 spiro atoms. The summed E-state index contributed by atoms with van der Waals surface area (Å²) in [5.74, 6) is 1.54. The van der Waals surface area contributed by atoms with E-state index < -0.39 is 0 Å². The van der Waals surface area contributed by atoms with Crippen LogP contribution in [0.1, 0.15) is 11.1 Å². The number of fused-ring (bicyclic) bond motifs is 1. The van der Waals surface area contributed by atoms with Crippen LogP contribution >= 0.6 is 0 Å². The average Bonchev–Trinajstić information content (AvgIpc) is 3.15. The average molecular weight is 316 g/mol. The molecule has 7 heteroatoms. The summed E-state index contributed by atoms with van der Waals surface area (Å²) in [5, 5.41) is 7.01. The molecule has 0 atom stereocenters. The van der Waals surface area contributed by atoms with Gasteiger partial charge in [-0.05, 0) is 24.1 Å². The van der Waals surface area contributed by atoms with Crippen molar-refractivity contribution in [3.05, 3.63) is 41.7 Å². The van der Waals surface area contributed by atoms with Crippen LogP contribution in [0.25, 0.3) is 0 Å². The molecule has 122 valence electrons. The lowest BCUT2D eigenvalue weighted by Gasteiger charge is -2.17. The summed E-state index contributed by atoms with van der Waals surface area (Å²) in [6.45, 7) is 1.37. The number of nitrogens with one attached hydrogen (secondary N) is 1. The summed E-state index contributed by atoms with van der Waals surface area (Å²) >= 11 is 0. The van der Waals surface area contributed by atoms with E-state index in [1.54, 1.807) is 22.8 Å². The first kappa shape index (κ1) is 15.2. The van der Waals surface area contributed by atoms with Crippen LogP contribution in [0.5, 0.6) is 11.5 Å². The van der Waals surface area contributed by atoms with Gasteiger partial charge in [0.05, 0.1) is 12.7 Å². The molecule has 2 aromatic rings. The highest BCUT2D eigenvalue weighted by Crippen LogP contribution is 2.32. The lowest BCUT2D eigenvalue weighted by Crippen LogP contribution is -2.37. The van der Waals surface area contributed by atoms with Crippen molar-refractivity contribution < 1.29 is 14.3 Å². The second-order valence-corrected chi connectivity index (χ2v) is 5.55. The van der Waals surface area contributed by atoms with Crippen LogP contribution in [0.15, 0.2) is 30.6 Å². The van der Waals surface area contributed by atoms with Crippen LogP contribution in [0.4, 0.5) is 4.79 Å². The summed E-state index contributed by atoms with van der Waals surface area (Å²) in [6, 6.07) is 5.73. The number of carbonyl (C=O) groups is 1. The SMILES string of the molecule is CN(Cc1cnn(C)c1)C(=O)NCCc1ccc2c(c1)OCO2. The zero-order chi connectivity index (χ0) is 16.2. The van der Waals surface area contributed by atoms with Gasteiger partial charge in [-0.15, -0.1) is 0 Å². The third-order valence-electron chi connectivity index (χ3n) is 3.65. The minimum absolute atomic E-state index is 0.102. The Kier molecular flexibility index (Phi) is 4.36. The van der Waals surface area contributed by atoms with Gasteiger partial charge in [0.15, 0.2) is 11.5 Å². The maximum absolute atomic E-state index is 12.1. The van der Waals surface area contributed by atoms with Gasteiger partial charge < -0.3 is 19.7 Å². The van der Waals surface area contributed by atoms with Gasteiger partial charge in [-0.2, -0.15) is 5.10 Å². The number of hydrogen-bond donors (Lipinski definition) is 1. The van der Waals surface area contributed by atoms with Crippen LogP contribution in [0.2, 0.25) is 0 Å². The maximum Gasteiger partial charge on any atom is 0.317 e. The predicted octanol–water partition coefficient (Wildman–Crippen LogP) is 1.53. The lowest BCUT2D eigenvalue weighted by molar-refractivity contribution is 0.174. The van der Waals surface area contributed by atoms with Gasteiger partial charge >= 0.3 is 6.03 Å². The number of aromatic nitrogens is 2. The molecule has 1 aliphatic rings. The third-order valence-corrected chi connectivity index (χ3v) is 3.65. The van der Waals surface area contributed by atoms with Crippen LogP contribution < -0.4 is 14.8 Å². The first-order chi connectivity index (χ1) is 11.1. The fraction of sp³-hybridized carbons (Fsp3) is 0.375.